The number of hydrogen-bond donors (Lipinski definition) is 3. The number of aromatic nitrogens is 2. The first kappa shape index (κ1) is 14.9. The molecule has 0 unspecified atom stereocenters. The van der Waals surface area contributed by atoms with E-state index in [0.717, 1.165) is 17.0 Å². The molecule has 0 saturated heterocycles. The van der Waals surface area contributed by atoms with Crippen LogP contribution >= 0.6 is 11.3 Å². The maximum Gasteiger partial charge on any atom is 0.337 e. The van der Waals surface area contributed by atoms with Crippen LogP contribution in [0.3, 0.4) is 0 Å². The summed E-state index contributed by atoms with van der Waals surface area (Å²) in [5.74, 6) is -1.10. The van der Waals surface area contributed by atoms with Crippen molar-refractivity contribution in [3.8, 4) is 0 Å². The minimum Gasteiger partial charge on any atom is -0.478 e. The molecule has 0 aliphatic carbocycles. The van der Waals surface area contributed by atoms with Crippen molar-refractivity contribution < 1.29 is 14.7 Å². The molecule has 0 spiro atoms. The first-order valence-corrected chi connectivity index (χ1v) is 7.04. The summed E-state index contributed by atoms with van der Waals surface area (Å²) in [5.41, 5.74) is 1.26. The average molecular weight is 306 g/mol. The van der Waals surface area contributed by atoms with Gasteiger partial charge in [-0.3, -0.25) is 10.3 Å². The summed E-state index contributed by atoms with van der Waals surface area (Å²) < 4.78 is 0. The van der Waals surface area contributed by atoms with Crippen molar-refractivity contribution in [3.05, 3.63) is 34.6 Å². The number of hydrogen-bond acceptors (Lipinski definition) is 5. The van der Waals surface area contributed by atoms with Crippen LogP contribution in [0.25, 0.3) is 0 Å². The second-order valence-corrected chi connectivity index (χ2v) is 5.43. The number of carboxylic acid groups (broad SMARTS) is 1. The fraction of sp³-hybridized carbons (Fsp3) is 0.231. The van der Waals surface area contributed by atoms with Crippen LogP contribution in [0.2, 0.25) is 0 Å². The van der Waals surface area contributed by atoms with Gasteiger partial charge in [0, 0.05) is 11.1 Å². The molecule has 0 radical (unpaired) electrons. The Kier molecular flexibility index (Phi) is 4.49. The molecular weight excluding hydrogens is 292 g/mol. The lowest BCUT2D eigenvalue weighted by molar-refractivity contribution is 0.0696. The van der Waals surface area contributed by atoms with Crippen molar-refractivity contribution >= 4 is 34.2 Å². The largest absolute Gasteiger partial charge is 0.478 e. The van der Waals surface area contributed by atoms with Crippen LogP contribution in [-0.2, 0) is 6.42 Å². The van der Waals surface area contributed by atoms with Gasteiger partial charge in [0.25, 0.3) is 0 Å². The van der Waals surface area contributed by atoms with Crippen molar-refractivity contribution in [1.82, 2.24) is 9.97 Å². The highest BCUT2D eigenvalue weighted by molar-refractivity contribution is 7.15. The van der Waals surface area contributed by atoms with Crippen molar-refractivity contribution in [3.63, 3.8) is 0 Å². The summed E-state index contributed by atoms with van der Waals surface area (Å²) in [7, 11) is 0. The number of carbonyl (C=O) groups is 2. The van der Waals surface area contributed by atoms with E-state index in [1.54, 1.807) is 0 Å². The number of carbonyl (C=O) groups excluding carboxylic acids is 1. The van der Waals surface area contributed by atoms with E-state index >= 15 is 0 Å². The Morgan fingerprint density at radius 3 is 2.71 bits per heavy atom. The van der Waals surface area contributed by atoms with Crippen LogP contribution in [0, 0.1) is 6.92 Å². The Bertz CT molecular complexity index is 684. The molecule has 0 aliphatic rings. The number of aryl methyl sites for hydroxylation is 2. The Labute approximate surface area is 125 Å². The number of urea groups is 1. The summed E-state index contributed by atoms with van der Waals surface area (Å²) >= 11 is 1.39. The van der Waals surface area contributed by atoms with Gasteiger partial charge < -0.3 is 10.4 Å². The molecule has 0 aromatic carbocycles. The van der Waals surface area contributed by atoms with Crippen LogP contribution in [0.4, 0.5) is 15.6 Å². The highest BCUT2D eigenvalue weighted by Gasteiger charge is 2.10. The topological polar surface area (TPSA) is 104 Å². The molecule has 110 valence electrons. The van der Waals surface area contributed by atoms with Gasteiger partial charge in [0.1, 0.15) is 0 Å². The van der Waals surface area contributed by atoms with Crippen LogP contribution in [0.5, 0.6) is 0 Å². The highest BCUT2D eigenvalue weighted by atomic mass is 32.1. The molecule has 2 heterocycles. The van der Waals surface area contributed by atoms with E-state index in [-0.39, 0.29) is 5.56 Å². The molecule has 0 fully saturated rings. The van der Waals surface area contributed by atoms with Gasteiger partial charge in [0.2, 0.25) is 0 Å². The van der Waals surface area contributed by atoms with Gasteiger partial charge in [-0.2, -0.15) is 0 Å². The Morgan fingerprint density at radius 2 is 2.10 bits per heavy atom. The third kappa shape index (κ3) is 3.76. The number of anilines is 2. The molecule has 8 heteroatoms. The van der Waals surface area contributed by atoms with Gasteiger partial charge in [-0.05, 0) is 19.4 Å². The third-order valence-corrected chi connectivity index (χ3v) is 3.62. The van der Waals surface area contributed by atoms with Gasteiger partial charge in [-0.1, -0.05) is 6.92 Å². The van der Waals surface area contributed by atoms with E-state index in [4.69, 9.17) is 5.11 Å². The monoisotopic (exact) mass is 306 g/mol. The lowest BCUT2D eigenvalue weighted by Gasteiger charge is -2.05. The van der Waals surface area contributed by atoms with E-state index in [9.17, 15) is 9.59 Å². The number of aromatic carboxylic acids is 1. The molecule has 0 atom stereocenters. The number of thiazole rings is 1. The fourth-order valence-corrected chi connectivity index (χ4v) is 2.59. The second kappa shape index (κ2) is 6.31. The summed E-state index contributed by atoms with van der Waals surface area (Å²) in [6, 6.07) is 0.843. The molecule has 7 nitrogen and oxygen atoms in total. The van der Waals surface area contributed by atoms with Gasteiger partial charge in [-0.15, -0.1) is 11.3 Å². The van der Waals surface area contributed by atoms with Crippen LogP contribution in [0.15, 0.2) is 18.5 Å². The zero-order valence-electron chi connectivity index (χ0n) is 11.5. The smallest absolute Gasteiger partial charge is 0.337 e. The van der Waals surface area contributed by atoms with E-state index < -0.39 is 12.0 Å². The maximum absolute atomic E-state index is 11.8. The first-order valence-electron chi connectivity index (χ1n) is 6.22. The predicted octanol–water partition coefficient (Wildman–Crippen LogP) is 2.75. The highest BCUT2D eigenvalue weighted by Crippen LogP contribution is 2.22. The second-order valence-electron chi connectivity index (χ2n) is 4.22. The first-order chi connectivity index (χ1) is 9.99. The van der Waals surface area contributed by atoms with Crippen LogP contribution in [-0.4, -0.2) is 27.1 Å². The summed E-state index contributed by atoms with van der Waals surface area (Å²) in [5, 5.41) is 14.5. The molecule has 2 rings (SSSR count). The van der Waals surface area contributed by atoms with E-state index in [2.05, 4.69) is 20.6 Å². The van der Waals surface area contributed by atoms with Crippen LogP contribution < -0.4 is 10.6 Å². The molecule has 21 heavy (non-hydrogen) atoms. The Morgan fingerprint density at radius 1 is 1.33 bits per heavy atom. The van der Waals surface area contributed by atoms with Gasteiger partial charge >= 0.3 is 12.0 Å². The number of pyridine rings is 1. The lowest BCUT2D eigenvalue weighted by Crippen LogP contribution is -2.19. The molecule has 2 amide bonds. The Hall–Kier alpha value is -2.48. The number of rotatable bonds is 4. The van der Waals surface area contributed by atoms with Crippen molar-refractivity contribution in [2.24, 2.45) is 0 Å². The molecule has 0 bridgehead atoms. The minimum absolute atomic E-state index is 0.00571. The number of carboxylic acids is 1. The van der Waals surface area contributed by atoms with Crippen molar-refractivity contribution in [1.29, 1.82) is 0 Å². The molecule has 0 saturated carbocycles. The fourth-order valence-electron chi connectivity index (χ4n) is 1.69. The van der Waals surface area contributed by atoms with Gasteiger partial charge in [0.15, 0.2) is 5.13 Å². The lowest BCUT2D eigenvalue weighted by atomic mass is 10.3. The SMILES string of the molecule is CCc1nc(NC(=O)Nc2cncc(C(=O)O)c2)sc1C. The van der Waals surface area contributed by atoms with E-state index in [1.165, 1.54) is 29.8 Å². The summed E-state index contributed by atoms with van der Waals surface area (Å²) in [6.45, 7) is 3.94. The molecule has 2 aromatic rings. The summed E-state index contributed by atoms with van der Waals surface area (Å²) in [6.07, 6.45) is 3.38. The number of nitrogens with one attached hydrogen (secondary N) is 2. The average Bonchev–Trinajstić information content (AvgIpc) is 2.78. The zero-order valence-corrected chi connectivity index (χ0v) is 12.3. The Balaban J connectivity index is 2.04. The molecule has 3 N–H and O–H groups in total. The standard InChI is InChI=1S/C13H14N4O3S/c1-3-10-7(2)21-13(16-10)17-12(20)15-9-4-8(11(18)19)5-14-6-9/h4-6H,3H2,1-2H3,(H,18,19)(H2,15,16,17,20). The molecular formula is C13H14N4O3S. The normalized spacial score (nSPS) is 10.2. The predicted molar refractivity (Wildman–Crippen MR) is 80.1 cm³/mol. The number of amides is 2. The third-order valence-electron chi connectivity index (χ3n) is 2.69. The van der Waals surface area contributed by atoms with Crippen molar-refractivity contribution in [2.75, 3.05) is 10.6 Å². The molecule has 0 aliphatic heterocycles. The minimum atomic E-state index is -1.10. The van der Waals surface area contributed by atoms with Gasteiger partial charge in [-0.25, -0.2) is 14.6 Å². The zero-order chi connectivity index (χ0) is 15.4. The molecule has 2 aromatic heterocycles. The van der Waals surface area contributed by atoms with Crippen LogP contribution in [0.1, 0.15) is 27.9 Å². The van der Waals surface area contributed by atoms with Gasteiger partial charge in [0.05, 0.1) is 23.1 Å². The van der Waals surface area contributed by atoms with E-state index in [1.807, 2.05) is 13.8 Å². The quantitative estimate of drug-likeness (QED) is 0.805. The number of nitrogens with zero attached hydrogens (tertiary/aromatic N) is 2. The van der Waals surface area contributed by atoms with Crippen molar-refractivity contribution in [2.45, 2.75) is 20.3 Å². The maximum atomic E-state index is 11.8. The van der Waals surface area contributed by atoms with E-state index in [0.29, 0.717) is 10.8 Å². The summed E-state index contributed by atoms with van der Waals surface area (Å²) in [4.78, 5) is 31.8.